The summed E-state index contributed by atoms with van der Waals surface area (Å²) >= 11 is 0. The molecule has 1 heterocycles. The van der Waals surface area contributed by atoms with Gasteiger partial charge in [0, 0.05) is 0 Å². The Morgan fingerprint density at radius 1 is 1.43 bits per heavy atom. The molecule has 3 heteroatoms. The van der Waals surface area contributed by atoms with E-state index in [1.807, 2.05) is 0 Å². The molecule has 0 bridgehead atoms. The quantitative estimate of drug-likeness (QED) is 0.239. The van der Waals surface area contributed by atoms with E-state index in [1.54, 1.807) is 0 Å². The third-order valence-corrected chi connectivity index (χ3v) is 0.518. The van der Waals surface area contributed by atoms with Crippen molar-refractivity contribution in [2.24, 2.45) is 0 Å². The van der Waals surface area contributed by atoms with Crippen molar-refractivity contribution in [3.8, 4) is 0 Å². The molecule has 2 nitrogen and oxygen atoms in total. The first-order valence-electron chi connectivity index (χ1n) is 1.81. The average Bonchev–Trinajstić information content (AvgIpc) is 1.72. The molecule has 0 saturated heterocycles. The zero-order chi connectivity index (χ0) is 4.24. The fourth-order valence-corrected chi connectivity index (χ4v) is 0.276. The number of hydrogen-bond acceptors (Lipinski definition) is 2. The van der Waals surface area contributed by atoms with Crippen LogP contribution < -0.4 is 18.9 Å². The first-order chi connectivity index (χ1) is 3.00. The van der Waals surface area contributed by atoms with E-state index in [0.717, 1.165) is 0 Å². The maximum Gasteiger partial charge on any atom is 1.00 e. The molecule has 0 fully saturated rings. The van der Waals surface area contributed by atoms with Crippen molar-refractivity contribution < 1.29 is 28.3 Å². The van der Waals surface area contributed by atoms with Crippen molar-refractivity contribution in [1.29, 1.82) is 0 Å². The van der Waals surface area contributed by atoms with E-state index in [1.165, 1.54) is 6.26 Å². The summed E-state index contributed by atoms with van der Waals surface area (Å²) in [6.07, 6.45) is 3.86. The molecule has 0 amide bonds. The molecule has 1 aliphatic heterocycles. The molecule has 7 heavy (non-hydrogen) atoms. The van der Waals surface area contributed by atoms with E-state index in [0.29, 0.717) is 13.2 Å². The minimum atomic E-state index is 0. The normalized spacial score (nSPS) is 16.0. The van der Waals surface area contributed by atoms with Crippen molar-refractivity contribution in [3.05, 3.63) is 12.5 Å². The van der Waals surface area contributed by atoms with Crippen molar-refractivity contribution >= 4 is 0 Å². The Morgan fingerprint density at radius 2 is 2.29 bits per heavy atom. The summed E-state index contributed by atoms with van der Waals surface area (Å²) in [5, 5.41) is 0. The van der Waals surface area contributed by atoms with Gasteiger partial charge in [-0.1, -0.05) is 6.26 Å². The summed E-state index contributed by atoms with van der Waals surface area (Å²) in [6, 6.07) is 0. The number of hydrogen-bond donors (Lipinski definition) is 0. The van der Waals surface area contributed by atoms with Crippen LogP contribution >= 0.6 is 0 Å². The van der Waals surface area contributed by atoms with Gasteiger partial charge in [0.25, 0.3) is 0 Å². The molecule has 0 aliphatic carbocycles. The molecule has 0 radical (unpaired) electrons. The molecule has 1 aliphatic rings. The van der Waals surface area contributed by atoms with Crippen LogP contribution in [-0.2, 0) is 9.47 Å². The van der Waals surface area contributed by atoms with Crippen molar-refractivity contribution in [3.63, 3.8) is 0 Å². The summed E-state index contributed by atoms with van der Waals surface area (Å²) in [7, 11) is 0. The zero-order valence-corrected chi connectivity index (χ0v) is 4.31. The van der Waals surface area contributed by atoms with Crippen molar-refractivity contribution in [2.45, 2.75) is 0 Å². The average molecular weight is 92.0 g/mol. The Bertz CT molecular complexity index is 54.7. The van der Waals surface area contributed by atoms with Gasteiger partial charge >= 0.3 is 18.9 Å². The van der Waals surface area contributed by atoms with Gasteiger partial charge in [0.15, 0.2) is 0 Å². The zero-order valence-electron chi connectivity index (χ0n) is 4.31. The SMILES string of the molecule is [C-]1=COCCO1.[Li+]. The van der Waals surface area contributed by atoms with Crippen LogP contribution in [0.25, 0.3) is 0 Å². The molecule has 1 rings (SSSR count). The van der Waals surface area contributed by atoms with Gasteiger partial charge in [0.05, 0.1) is 6.61 Å². The first kappa shape index (κ1) is 6.94. The summed E-state index contributed by atoms with van der Waals surface area (Å²) in [6.45, 7) is 1.30. The van der Waals surface area contributed by atoms with Crippen LogP contribution in [0.1, 0.15) is 0 Å². The molecule has 0 atom stereocenters. The second kappa shape index (κ2) is 4.11. The van der Waals surface area contributed by atoms with E-state index in [9.17, 15) is 0 Å². The Hall–Kier alpha value is -0.0626. The Kier molecular flexibility index (Phi) is 4.07. The van der Waals surface area contributed by atoms with E-state index in [2.05, 4.69) is 11.0 Å². The summed E-state index contributed by atoms with van der Waals surface area (Å²) in [5.41, 5.74) is 0. The molecule has 0 unspecified atom stereocenters. The number of rotatable bonds is 0. The van der Waals surface area contributed by atoms with Crippen LogP contribution in [0.4, 0.5) is 0 Å². The smallest absolute Gasteiger partial charge is 0.688 e. The van der Waals surface area contributed by atoms with Gasteiger partial charge in [-0.25, -0.2) is 0 Å². The second-order valence-electron chi connectivity index (χ2n) is 0.955. The molecule has 34 valence electrons. The van der Waals surface area contributed by atoms with Crippen LogP contribution in [0.2, 0.25) is 0 Å². The van der Waals surface area contributed by atoms with Crippen LogP contribution in [0.3, 0.4) is 0 Å². The van der Waals surface area contributed by atoms with E-state index in [-0.39, 0.29) is 18.9 Å². The minimum Gasteiger partial charge on any atom is -0.688 e. The summed E-state index contributed by atoms with van der Waals surface area (Å²) < 4.78 is 9.35. The van der Waals surface area contributed by atoms with E-state index in [4.69, 9.17) is 4.74 Å². The van der Waals surface area contributed by atoms with Crippen LogP contribution in [0.5, 0.6) is 0 Å². The molecular weight excluding hydrogens is 87.0 g/mol. The largest absolute Gasteiger partial charge is 1.00 e. The molecule has 0 N–H and O–H groups in total. The molecule has 0 saturated carbocycles. The fourth-order valence-electron chi connectivity index (χ4n) is 0.276. The second-order valence-corrected chi connectivity index (χ2v) is 0.955. The standard InChI is InChI=1S/C4H5O2.Li/c1-2-6-4-3-5-1;/h1H,3-4H2;/q-1;+1. The third kappa shape index (κ3) is 2.61. The van der Waals surface area contributed by atoms with Crippen LogP contribution in [0, 0.1) is 6.26 Å². The molecule has 0 aromatic carbocycles. The topological polar surface area (TPSA) is 18.5 Å². The van der Waals surface area contributed by atoms with Gasteiger partial charge in [-0.2, -0.15) is 0 Å². The Labute approximate surface area is 54.7 Å². The van der Waals surface area contributed by atoms with Gasteiger partial charge in [-0.3, -0.25) is 6.26 Å². The third-order valence-electron chi connectivity index (χ3n) is 0.518. The minimum absolute atomic E-state index is 0. The molecule has 0 spiro atoms. The monoisotopic (exact) mass is 92.0 g/mol. The van der Waals surface area contributed by atoms with Crippen LogP contribution in [-0.4, -0.2) is 13.2 Å². The Morgan fingerprint density at radius 3 is 2.43 bits per heavy atom. The van der Waals surface area contributed by atoms with Gasteiger partial charge in [0.2, 0.25) is 0 Å². The molecule has 0 aromatic rings. The van der Waals surface area contributed by atoms with Gasteiger partial charge in [-0.15, -0.1) is 0 Å². The number of ether oxygens (including phenoxy) is 2. The maximum absolute atomic E-state index is 4.71. The van der Waals surface area contributed by atoms with Gasteiger partial charge in [0.1, 0.15) is 6.61 Å². The molecule has 0 aromatic heterocycles. The summed E-state index contributed by atoms with van der Waals surface area (Å²) in [5.74, 6) is 0. The van der Waals surface area contributed by atoms with E-state index >= 15 is 0 Å². The van der Waals surface area contributed by atoms with Gasteiger partial charge < -0.3 is 9.47 Å². The van der Waals surface area contributed by atoms with Crippen molar-refractivity contribution in [1.82, 2.24) is 0 Å². The van der Waals surface area contributed by atoms with Gasteiger partial charge in [-0.05, 0) is 0 Å². The van der Waals surface area contributed by atoms with Crippen molar-refractivity contribution in [2.75, 3.05) is 13.2 Å². The summed E-state index contributed by atoms with van der Waals surface area (Å²) in [4.78, 5) is 0. The first-order valence-corrected chi connectivity index (χ1v) is 1.81. The Balaban J connectivity index is 0.000000360. The fraction of sp³-hybridized carbons (Fsp3) is 0.500. The maximum atomic E-state index is 4.71. The van der Waals surface area contributed by atoms with E-state index < -0.39 is 0 Å². The molecular formula is C4H5LiO2. The predicted octanol–water partition coefficient (Wildman–Crippen LogP) is -2.69. The predicted molar refractivity (Wildman–Crippen MR) is 19.7 cm³/mol. The van der Waals surface area contributed by atoms with Crippen LogP contribution in [0.15, 0.2) is 6.26 Å².